The summed E-state index contributed by atoms with van der Waals surface area (Å²) in [5, 5.41) is 19.3. The maximum absolute atomic E-state index is 12.9. The van der Waals surface area contributed by atoms with E-state index in [2.05, 4.69) is 15.4 Å². The van der Waals surface area contributed by atoms with E-state index in [9.17, 15) is 13.2 Å². The lowest BCUT2D eigenvalue weighted by Gasteiger charge is -2.08. The van der Waals surface area contributed by atoms with Gasteiger partial charge in [0, 0.05) is 5.56 Å². The molecule has 0 atom stereocenters. The van der Waals surface area contributed by atoms with Crippen molar-refractivity contribution in [3.8, 4) is 23.1 Å². The zero-order chi connectivity index (χ0) is 20.1. The van der Waals surface area contributed by atoms with E-state index in [-0.39, 0.29) is 5.69 Å². The number of aromatic nitrogens is 3. The van der Waals surface area contributed by atoms with Gasteiger partial charge in [-0.2, -0.15) is 28.7 Å². The van der Waals surface area contributed by atoms with Crippen LogP contribution < -0.4 is 4.74 Å². The van der Waals surface area contributed by atoms with Crippen molar-refractivity contribution in [2.45, 2.75) is 13.1 Å². The second-order valence-corrected chi connectivity index (χ2v) is 5.81. The summed E-state index contributed by atoms with van der Waals surface area (Å²) in [6, 6.07) is 12.2. The lowest BCUT2D eigenvalue weighted by molar-refractivity contribution is -0.137. The number of alkyl halides is 3. The fourth-order valence-corrected chi connectivity index (χ4v) is 2.63. The van der Waals surface area contributed by atoms with Crippen molar-refractivity contribution in [1.29, 1.82) is 5.26 Å². The zero-order valence-corrected chi connectivity index (χ0v) is 14.8. The minimum Gasteiger partial charge on any atom is -0.494 e. The Balaban J connectivity index is 1.98. The Kier molecular flexibility index (Phi) is 5.45. The predicted molar refractivity (Wildman–Crippen MR) is 98.1 cm³/mol. The molecule has 28 heavy (non-hydrogen) atoms. The largest absolute Gasteiger partial charge is 0.494 e. The van der Waals surface area contributed by atoms with Crippen molar-refractivity contribution >= 4 is 12.2 Å². The number of nitriles is 1. The number of benzene rings is 2. The SMILES string of the molecule is CCOc1cc(C=Cc2cccc(C(F)(F)F)c2)cc(-c2n[nH]nc2C#N)c1. The van der Waals surface area contributed by atoms with E-state index in [1.54, 1.807) is 36.4 Å². The van der Waals surface area contributed by atoms with Crippen LogP contribution in [-0.4, -0.2) is 22.0 Å². The fourth-order valence-electron chi connectivity index (χ4n) is 2.63. The second kappa shape index (κ2) is 7.96. The van der Waals surface area contributed by atoms with E-state index in [4.69, 9.17) is 10.00 Å². The van der Waals surface area contributed by atoms with Crippen molar-refractivity contribution in [3.05, 3.63) is 64.8 Å². The summed E-state index contributed by atoms with van der Waals surface area (Å²) in [6.45, 7) is 2.27. The molecule has 142 valence electrons. The van der Waals surface area contributed by atoms with Crippen LogP contribution in [0.5, 0.6) is 5.75 Å². The zero-order valence-electron chi connectivity index (χ0n) is 14.8. The van der Waals surface area contributed by atoms with Crippen molar-refractivity contribution in [3.63, 3.8) is 0 Å². The monoisotopic (exact) mass is 384 g/mol. The molecule has 1 N–H and O–H groups in total. The number of rotatable bonds is 5. The molecule has 1 aromatic heterocycles. The van der Waals surface area contributed by atoms with Crippen LogP contribution in [-0.2, 0) is 6.18 Å². The summed E-state index contributed by atoms with van der Waals surface area (Å²) in [4.78, 5) is 0. The van der Waals surface area contributed by atoms with Gasteiger partial charge in [-0.15, -0.1) is 5.10 Å². The number of nitrogens with zero attached hydrogens (tertiary/aromatic N) is 3. The third-order valence-corrected chi connectivity index (χ3v) is 3.85. The highest BCUT2D eigenvalue weighted by molar-refractivity contribution is 5.75. The highest BCUT2D eigenvalue weighted by atomic mass is 19.4. The van der Waals surface area contributed by atoms with Crippen LogP contribution in [0.15, 0.2) is 42.5 Å². The maximum atomic E-state index is 12.9. The number of H-pyrrole nitrogens is 1. The van der Waals surface area contributed by atoms with Crippen LogP contribution in [0.2, 0.25) is 0 Å². The van der Waals surface area contributed by atoms with Crippen molar-refractivity contribution in [2.75, 3.05) is 6.61 Å². The lowest BCUT2D eigenvalue weighted by Crippen LogP contribution is -2.04. The van der Waals surface area contributed by atoms with Crippen molar-refractivity contribution < 1.29 is 17.9 Å². The predicted octanol–water partition coefficient (Wildman–Crippen LogP) is 4.93. The molecule has 0 amide bonds. The first-order valence-corrected chi connectivity index (χ1v) is 8.35. The molecule has 5 nitrogen and oxygen atoms in total. The normalized spacial score (nSPS) is 11.5. The van der Waals surface area contributed by atoms with Crippen LogP contribution in [0.1, 0.15) is 29.3 Å². The van der Waals surface area contributed by atoms with Gasteiger partial charge in [0.2, 0.25) is 0 Å². The molecule has 0 bridgehead atoms. The Morgan fingerprint density at radius 2 is 1.89 bits per heavy atom. The van der Waals surface area contributed by atoms with E-state index >= 15 is 0 Å². The van der Waals surface area contributed by atoms with Gasteiger partial charge in [-0.1, -0.05) is 24.3 Å². The standard InChI is InChI=1S/C20H15F3N4O/c1-2-28-17-10-14(8-15(11-17)19-18(12-24)25-27-26-19)7-6-13-4-3-5-16(9-13)20(21,22)23/h3-11H,2H2,1H3,(H,25,26,27). The first-order valence-electron chi connectivity index (χ1n) is 8.35. The summed E-state index contributed by atoms with van der Waals surface area (Å²) >= 11 is 0. The highest BCUT2D eigenvalue weighted by Gasteiger charge is 2.30. The molecular formula is C20H15F3N4O. The molecule has 3 aromatic rings. The Morgan fingerprint density at radius 1 is 1.11 bits per heavy atom. The fraction of sp³-hybridized carbons (Fsp3) is 0.150. The molecule has 3 rings (SSSR count). The van der Waals surface area contributed by atoms with E-state index in [1.807, 2.05) is 13.0 Å². The lowest BCUT2D eigenvalue weighted by atomic mass is 10.0. The van der Waals surface area contributed by atoms with E-state index in [0.717, 1.165) is 12.1 Å². The van der Waals surface area contributed by atoms with Gasteiger partial charge in [0.15, 0.2) is 5.69 Å². The van der Waals surface area contributed by atoms with Crippen LogP contribution in [0, 0.1) is 11.3 Å². The van der Waals surface area contributed by atoms with E-state index < -0.39 is 11.7 Å². The first kappa shape index (κ1) is 19.2. The molecule has 0 aliphatic rings. The molecule has 0 aliphatic heterocycles. The molecule has 0 radical (unpaired) electrons. The van der Waals surface area contributed by atoms with Gasteiger partial charge >= 0.3 is 6.18 Å². The molecule has 0 saturated carbocycles. The van der Waals surface area contributed by atoms with Gasteiger partial charge in [-0.3, -0.25) is 0 Å². The topological polar surface area (TPSA) is 74.6 Å². The smallest absolute Gasteiger partial charge is 0.416 e. The summed E-state index contributed by atoms with van der Waals surface area (Å²) in [6.07, 6.45) is -1.14. The number of halogens is 3. The Labute approximate surface area is 159 Å². The average Bonchev–Trinajstić information content (AvgIpc) is 3.15. The number of nitrogens with one attached hydrogen (secondary N) is 1. The Hall–Kier alpha value is -3.60. The molecule has 2 aromatic carbocycles. The van der Waals surface area contributed by atoms with Crippen LogP contribution in [0.3, 0.4) is 0 Å². The van der Waals surface area contributed by atoms with Gasteiger partial charge in [-0.05, 0) is 48.4 Å². The Bertz CT molecular complexity index is 1050. The number of hydrogen-bond acceptors (Lipinski definition) is 4. The number of ether oxygens (including phenoxy) is 1. The van der Waals surface area contributed by atoms with E-state index in [1.165, 1.54) is 6.07 Å². The molecule has 0 saturated heterocycles. The van der Waals surface area contributed by atoms with Crippen molar-refractivity contribution in [1.82, 2.24) is 15.4 Å². The number of hydrogen-bond donors (Lipinski definition) is 1. The van der Waals surface area contributed by atoms with E-state index in [0.29, 0.717) is 34.7 Å². The summed E-state index contributed by atoms with van der Waals surface area (Å²) in [5.74, 6) is 0.551. The molecule has 0 unspecified atom stereocenters. The summed E-state index contributed by atoms with van der Waals surface area (Å²) in [5.41, 5.74) is 1.52. The highest BCUT2D eigenvalue weighted by Crippen LogP contribution is 2.30. The van der Waals surface area contributed by atoms with Crippen LogP contribution in [0.25, 0.3) is 23.4 Å². The second-order valence-electron chi connectivity index (χ2n) is 5.81. The molecule has 0 spiro atoms. The quantitative estimate of drug-likeness (QED) is 0.633. The van der Waals surface area contributed by atoms with Gasteiger partial charge < -0.3 is 4.74 Å². The van der Waals surface area contributed by atoms with Crippen molar-refractivity contribution in [2.24, 2.45) is 0 Å². The summed E-state index contributed by atoms with van der Waals surface area (Å²) < 4.78 is 44.2. The molecule has 8 heteroatoms. The molecule has 0 fully saturated rings. The Morgan fingerprint density at radius 3 is 2.61 bits per heavy atom. The van der Waals surface area contributed by atoms with Gasteiger partial charge in [0.05, 0.1) is 12.2 Å². The molecular weight excluding hydrogens is 369 g/mol. The average molecular weight is 384 g/mol. The van der Waals surface area contributed by atoms with Gasteiger partial charge in [0.25, 0.3) is 0 Å². The molecule has 1 heterocycles. The first-order chi connectivity index (χ1) is 13.4. The van der Waals surface area contributed by atoms with Gasteiger partial charge in [-0.25, -0.2) is 0 Å². The minimum atomic E-state index is -4.40. The van der Waals surface area contributed by atoms with Gasteiger partial charge in [0.1, 0.15) is 17.5 Å². The van der Waals surface area contributed by atoms with Crippen LogP contribution in [0.4, 0.5) is 13.2 Å². The maximum Gasteiger partial charge on any atom is 0.416 e. The third-order valence-electron chi connectivity index (χ3n) is 3.85. The third kappa shape index (κ3) is 4.38. The van der Waals surface area contributed by atoms with Crippen LogP contribution >= 0.6 is 0 Å². The molecule has 0 aliphatic carbocycles. The summed E-state index contributed by atoms with van der Waals surface area (Å²) in [7, 11) is 0. The number of aromatic amines is 1. The minimum absolute atomic E-state index is 0.140.